The Morgan fingerprint density at radius 2 is 0.824 bits per heavy atom. The smallest absolute Gasteiger partial charge is 0.857 e. The molecule has 0 aromatic carbocycles. The van der Waals surface area contributed by atoms with Crippen molar-refractivity contribution in [3.05, 3.63) is 12.2 Å². The fourth-order valence-electron chi connectivity index (χ4n) is 9.32. The van der Waals surface area contributed by atoms with E-state index in [2.05, 4.69) is 48.6 Å². The number of hydrogen-bond acceptors (Lipinski definition) is 17. The molecule has 0 aromatic heterocycles. The van der Waals surface area contributed by atoms with Gasteiger partial charge in [0.2, 0.25) is 5.91 Å². The molecule has 4 unspecified atom stereocenters. The van der Waals surface area contributed by atoms with Crippen molar-refractivity contribution < 1.29 is 105 Å². The summed E-state index contributed by atoms with van der Waals surface area (Å²) >= 11 is 0. The Bertz CT molecular complexity index is 1630. The molecule has 0 aromatic rings. The standard InChI is InChI=1S/C13H25NO2.2C12H22O3.C11H19NO.C6H12O.C5H7N.C2H7N.CH4O.CH3O.Na.H2O4S/c1-4-11(10-13(15)14(2)3)16-12-8-6-5-7-9-12;2*1-3-10(9-12(13)14-2)15-11-7-5-4-6-8-11;1-2-10(8-9-12)13-11-6-4-3-5-7-11;7-6-4-2-1-3-5-6;1-2-3-4-5-6;1-3-2;2*1-2;;1-5(2,3)4/h11-12H,4-10H2,1-3H3;2*10-11H,3-9H2,1-2H3;10-11H,2-8H2,1H3;6-7H,1-5H2;3-4H,2H2,1H3;3H,1-2H3;2H,1H3;1H3;;(H2,1,2,3,4)/q;;;;;;;;-1;+1;/b;;;;;4-3+;;;;;. The third-order valence-corrected chi connectivity index (χ3v) is 14.0. The van der Waals surface area contributed by atoms with Gasteiger partial charge in [0.05, 0.1) is 107 Å². The van der Waals surface area contributed by atoms with E-state index in [-0.39, 0.29) is 77.9 Å². The molecule has 0 aliphatic heterocycles. The van der Waals surface area contributed by atoms with Crippen molar-refractivity contribution in [2.75, 3.05) is 56.6 Å². The molecule has 0 heterocycles. The van der Waals surface area contributed by atoms with Gasteiger partial charge in [0.1, 0.15) is 0 Å². The molecular formula is C63H123N4NaO16S. The van der Waals surface area contributed by atoms with E-state index in [0.29, 0.717) is 50.1 Å². The molecule has 0 spiro atoms. The quantitative estimate of drug-likeness (QED) is 0.0330. The summed E-state index contributed by atoms with van der Waals surface area (Å²) in [5, 5.41) is 43.3. The SMILES string of the molecule is CC/C=C/C#N.CCC(CC#N)OC1CCCCC1.CCC(CC(=O)N(C)C)OC1CCCCC1.CCC(CC(=O)OC)OC1CCCCC1.CCC(CC(=O)OC)OC1CCCCC1.CNC.CO.C[O-].O=S(=O)(O)O.OC1CCCCC1.[Na+]. The summed E-state index contributed by atoms with van der Waals surface area (Å²) in [7, 11) is 7.29. The normalized spacial score (nSPS) is 17.6. The number of carbonyl (C=O) groups excluding carboxylic acids is 3. The number of ether oxygens (including phenoxy) is 6. The molecule has 5 rings (SSSR count). The number of nitrogens with one attached hydrogen (secondary N) is 1. The summed E-state index contributed by atoms with van der Waals surface area (Å²) in [6.45, 7) is 10.3. The Morgan fingerprint density at radius 3 is 1.01 bits per heavy atom. The molecule has 22 heteroatoms. The second kappa shape index (κ2) is 69.2. The molecule has 5 aliphatic carbocycles. The average molecular weight is 1250 g/mol. The van der Waals surface area contributed by atoms with E-state index in [1.807, 2.05) is 33.2 Å². The molecule has 5 saturated carbocycles. The molecule has 1 amide bonds. The number of amides is 1. The minimum Gasteiger partial charge on any atom is -0.857 e. The van der Waals surface area contributed by atoms with Crippen LogP contribution in [0.25, 0.3) is 0 Å². The summed E-state index contributed by atoms with van der Waals surface area (Å²) in [6.07, 6.45) is 42.5. The van der Waals surface area contributed by atoms with Crippen molar-refractivity contribution in [1.82, 2.24) is 10.2 Å². The number of nitriles is 2. The number of methoxy groups -OCH3 is 2. The molecular weight excluding hydrogens is 1120 g/mol. The third-order valence-electron chi connectivity index (χ3n) is 14.0. The number of hydrogen-bond donors (Lipinski definition) is 5. The molecule has 4 atom stereocenters. The second-order valence-electron chi connectivity index (χ2n) is 21.3. The molecule has 498 valence electrons. The van der Waals surface area contributed by atoms with E-state index in [4.69, 9.17) is 62.3 Å². The summed E-state index contributed by atoms with van der Waals surface area (Å²) < 4.78 is 64.6. The zero-order chi connectivity index (χ0) is 64.8. The third kappa shape index (κ3) is 67.5. The van der Waals surface area contributed by atoms with Gasteiger partial charge in [0, 0.05) is 27.3 Å². The van der Waals surface area contributed by atoms with Crippen LogP contribution in [0.15, 0.2) is 12.2 Å². The first-order valence-electron chi connectivity index (χ1n) is 31.4. The topological polar surface area (TPSA) is 308 Å². The van der Waals surface area contributed by atoms with E-state index in [0.717, 1.165) is 84.8 Å². The Labute approximate surface area is 539 Å². The van der Waals surface area contributed by atoms with Gasteiger partial charge in [-0.2, -0.15) is 26.1 Å². The van der Waals surface area contributed by atoms with Gasteiger partial charge in [0.25, 0.3) is 0 Å². The zero-order valence-corrected chi connectivity index (χ0v) is 58.6. The van der Waals surface area contributed by atoms with E-state index in [9.17, 15) is 14.4 Å². The maximum absolute atomic E-state index is 11.6. The first kappa shape index (κ1) is 93.8. The van der Waals surface area contributed by atoms with Crippen molar-refractivity contribution in [2.45, 2.75) is 308 Å². The Hall–Kier alpha value is -2.32. The fourth-order valence-corrected chi connectivity index (χ4v) is 9.32. The van der Waals surface area contributed by atoms with Crippen molar-refractivity contribution in [3.63, 3.8) is 0 Å². The number of nitrogens with zero attached hydrogens (tertiary/aromatic N) is 3. The van der Waals surface area contributed by atoms with E-state index in [1.165, 1.54) is 142 Å². The average Bonchev–Trinajstić information content (AvgIpc) is 3.54. The predicted octanol–water partition coefficient (Wildman–Crippen LogP) is 8.53. The van der Waals surface area contributed by atoms with Gasteiger partial charge >= 0.3 is 51.9 Å². The molecule has 5 N–H and O–H groups in total. The number of aliphatic hydroxyl groups is 2. The summed E-state index contributed by atoms with van der Waals surface area (Å²) in [5.41, 5.74) is 0. The van der Waals surface area contributed by atoms with E-state index in [1.54, 1.807) is 19.0 Å². The van der Waals surface area contributed by atoms with Gasteiger partial charge in [0.15, 0.2) is 0 Å². The number of carbonyl (C=O) groups is 3. The molecule has 0 saturated heterocycles. The van der Waals surface area contributed by atoms with Crippen LogP contribution in [0.1, 0.15) is 253 Å². The second-order valence-corrected chi connectivity index (χ2v) is 22.2. The largest absolute Gasteiger partial charge is 1.00 e. The van der Waals surface area contributed by atoms with Crippen LogP contribution in [-0.4, -0.2) is 162 Å². The molecule has 0 bridgehead atoms. The number of rotatable bonds is 20. The zero-order valence-electron chi connectivity index (χ0n) is 55.8. The molecule has 0 radical (unpaired) electrons. The first-order valence-corrected chi connectivity index (χ1v) is 32.8. The number of esters is 2. The van der Waals surface area contributed by atoms with Gasteiger partial charge in [-0.05, 0) is 110 Å². The summed E-state index contributed by atoms with van der Waals surface area (Å²) in [4.78, 5) is 35.5. The Balaban J connectivity index is -0.000000216. The summed E-state index contributed by atoms with van der Waals surface area (Å²) in [5.74, 6) is -0.169. The first-order chi connectivity index (χ1) is 40.2. The van der Waals surface area contributed by atoms with Crippen LogP contribution >= 0.6 is 0 Å². The Morgan fingerprint density at radius 1 is 0.565 bits per heavy atom. The molecule has 5 aliphatic rings. The van der Waals surface area contributed by atoms with Gasteiger partial charge in [-0.15, -0.1) is 0 Å². The minimum atomic E-state index is -4.67. The van der Waals surface area contributed by atoms with Crippen LogP contribution < -0.4 is 40.0 Å². The van der Waals surface area contributed by atoms with Crippen molar-refractivity contribution >= 4 is 28.2 Å². The Kier molecular flexibility index (Phi) is 76.3. The van der Waals surface area contributed by atoms with Crippen molar-refractivity contribution in [1.29, 1.82) is 10.5 Å². The molecule has 5 fully saturated rings. The van der Waals surface area contributed by atoms with Crippen LogP contribution in [0.5, 0.6) is 0 Å². The molecule has 85 heavy (non-hydrogen) atoms. The van der Waals surface area contributed by atoms with Gasteiger partial charge < -0.3 is 54.0 Å². The van der Waals surface area contributed by atoms with Crippen molar-refractivity contribution in [2.24, 2.45) is 0 Å². The van der Waals surface area contributed by atoms with E-state index >= 15 is 0 Å². The van der Waals surface area contributed by atoms with Crippen LogP contribution in [0.2, 0.25) is 0 Å². The minimum absolute atomic E-state index is 0. The summed E-state index contributed by atoms with van der Waals surface area (Å²) in [6, 6.07) is 4.07. The number of aliphatic hydroxyl groups excluding tert-OH is 2. The van der Waals surface area contributed by atoms with Crippen molar-refractivity contribution in [3.8, 4) is 12.1 Å². The van der Waals surface area contributed by atoms with Gasteiger partial charge in [-0.3, -0.25) is 23.5 Å². The van der Waals surface area contributed by atoms with Crippen LogP contribution in [0.3, 0.4) is 0 Å². The number of allylic oxidation sites excluding steroid dienone is 2. The van der Waals surface area contributed by atoms with Crippen LogP contribution in [0, 0.1) is 22.7 Å². The maximum Gasteiger partial charge on any atom is 1.00 e. The van der Waals surface area contributed by atoms with Crippen LogP contribution in [-0.2, 0) is 53.2 Å². The predicted molar refractivity (Wildman–Crippen MR) is 332 cm³/mol. The molecule has 20 nitrogen and oxygen atoms in total. The fraction of sp³-hybridized carbons (Fsp3) is 0.889. The van der Waals surface area contributed by atoms with Gasteiger partial charge in [-0.1, -0.05) is 137 Å². The van der Waals surface area contributed by atoms with E-state index < -0.39 is 10.4 Å². The maximum atomic E-state index is 11.6. The monoisotopic (exact) mass is 1250 g/mol. The van der Waals surface area contributed by atoms with Crippen LogP contribution in [0.4, 0.5) is 0 Å². The van der Waals surface area contributed by atoms with Gasteiger partial charge in [-0.25, -0.2) is 0 Å².